The Morgan fingerprint density at radius 1 is 1.08 bits per heavy atom. The molecule has 0 atom stereocenters. The van der Waals surface area contributed by atoms with Gasteiger partial charge in [-0.05, 0) is 18.6 Å². The van der Waals surface area contributed by atoms with Gasteiger partial charge < -0.3 is 14.5 Å². The highest BCUT2D eigenvalue weighted by Gasteiger charge is 2.30. The molecular weight excluding hydrogens is 323 g/mol. The molecule has 1 fully saturated rings. The van der Waals surface area contributed by atoms with Crippen molar-refractivity contribution in [2.75, 3.05) is 32.8 Å². The first-order valence-corrected chi connectivity index (χ1v) is 8.73. The summed E-state index contributed by atoms with van der Waals surface area (Å²) in [6.45, 7) is 8.30. The minimum atomic E-state index is -0.395. The Bertz CT molecular complexity index is 605. The number of amides is 2. The topological polar surface area (TPSA) is 49.9 Å². The second-order valence-corrected chi connectivity index (χ2v) is 7.31. The molecule has 1 aliphatic rings. The molecule has 138 valence electrons. The van der Waals surface area contributed by atoms with Crippen LogP contribution in [0.2, 0.25) is 0 Å². The summed E-state index contributed by atoms with van der Waals surface area (Å²) in [4.78, 5) is 28.1. The highest BCUT2D eigenvalue weighted by atomic mass is 19.1. The number of hydrogen-bond acceptors (Lipinski definition) is 3. The van der Waals surface area contributed by atoms with Crippen LogP contribution in [0, 0.1) is 11.2 Å². The predicted octanol–water partition coefficient (Wildman–Crippen LogP) is 2.70. The van der Waals surface area contributed by atoms with Gasteiger partial charge in [-0.2, -0.15) is 0 Å². The SMILES string of the molecule is CC(C)(C)C(=O)N1CCN(C(=O)CCCOc2ccccc2F)CC1. The van der Waals surface area contributed by atoms with Crippen LogP contribution in [0.15, 0.2) is 24.3 Å². The van der Waals surface area contributed by atoms with E-state index < -0.39 is 11.2 Å². The molecule has 0 saturated carbocycles. The zero-order chi connectivity index (χ0) is 18.4. The molecule has 1 aromatic carbocycles. The van der Waals surface area contributed by atoms with Crippen LogP contribution >= 0.6 is 0 Å². The van der Waals surface area contributed by atoms with Crippen LogP contribution in [0.5, 0.6) is 5.75 Å². The average molecular weight is 350 g/mol. The molecule has 0 N–H and O–H groups in total. The first-order valence-electron chi connectivity index (χ1n) is 8.73. The molecule has 0 radical (unpaired) electrons. The second-order valence-electron chi connectivity index (χ2n) is 7.31. The van der Waals surface area contributed by atoms with Gasteiger partial charge in [-0.15, -0.1) is 0 Å². The van der Waals surface area contributed by atoms with Gasteiger partial charge in [-0.3, -0.25) is 9.59 Å². The average Bonchev–Trinajstić information content (AvgIpc) is 2.58. The molecule has 1 aliphatic heterocycles. The minimum Gasteiger partial charge on any atom is -0.491 e. The number of nitrogens with zero attached hydrogens (tertiary/aromatic N) is 2. The summed E-state index contributed by atoms with van der Waals surface area (Å²) in [5, 5.41) is 0. The third kappa shape index (κ3) is 5.44. The summed E-state index contributed by atoms with van der Waals surface area (Å²) in [6.07, 6.45) is 0.899. The van der Waals surface area contributed by atoms with Gasteiger partial charge in [0.25, 0.3) is 0 Å². The number of para-hydroxylation sites is 1. The summed E-state index contributed by atoms with van der Waals surface area (Å²) >= 11 is 0. The van der Waals surface area contributed by atoms with Crippen molar-refractivity contribution >= 4 is 11.8 Å². The molecule has 1 saturated heterocycles. The van der Waals surface area contributed by atoms with Crippen molar-refractivity contribution in [2.45, 2.75) is 33.6 Å². The van der Waals surface area contributed by atoms with Gasteiger partial charge >= 0.3 is 0 Å². The zero-order valence-corrected chi connectivity index (χ0v) is 15.3. The lowest BCUT2D eigenvalue weighted by molar-refractivity contribution is -0.145. The van der Waals surface area contributed by atoms with Gasteiger partial charge in [0.05, 0.1) is 6.61 Å². The molecule has 25 heavy (non-hydrogen) atoms. The van der Waals surface area contributed by atoms with Crippen molar-refractivity contribution in [1.29, 1.82) is 0 Å². The number of rotatable bonds is 5. The van der Waals surface area contributed by atoms with E-state index in [1.807, 2.05) is 25.7 Å². The van der Waals surface area contributed by atoms with Crippen molar-refractivity contribution < 1.29 is 18.7 Å². The lowest BCUT2D eigenvalue weighted by Crippen LogP contribution is -2.53. The van der Waals surface area contributed by atoms with Crippen molar-refractivity contribution in [3.63, 3.8) is 0 Å². The molecule has 6 heteroatoms. The molecule has 0 aromatic heterocycles. The van der Waals surface area contributed by atoms with E-state index in [-0.39, 0.29) is 17.6 Å². The smallest absolute Gasteiger partial charge is 0.228 e. The lowest BCUT2D eigenvalue weighted by Gasteiger charge is -2.37. The van der Waals surface area contributed by atoms with Crippen LogP contribution in [0.1, 0.15) is 33.6 Å². The molecular formula is C19H27FN2O3. The van der Waals surface area contributed by atoms with Crippen molar-refractivity contribution in [1.82, 2.24) is 9.80 Å². The third-order valence-corrected chi connectivity index (χ3v) is 4.19. The van der Waals surface area contributed by atoms with Crippen molar-refractivity contribution in [3.8, 4) is 5.75 Å². The predicted molar refractivity (Wildman–Crippen MR) is 93.7 cm³/mol. The monoisotopic (exact) mass is 350 g/mol. The molecule has 0 spiro atoms. The Morgan fingerprint density at radius 2 is 1.68 bits per heavy atom. The Labute approximate surface area is 148 Å². The first-order chi connectivity index (χ1) is 11.8. The molecule has 2 amide bonds. The van der Waals surface area contributed by atoms with E-state index in [0.29, 0.717) is 45.6 Å². The van der Waals surface area contributed by atoms with E-state index in [1.54, 1.807) is 23.1 Å². The van der Waals surface area contributed by atoms with E-state index in [4.69, 9.17) is 4.74 Å². The Morgan fingerprint density at radius 3 is 2.28 bits per heavy atom. The third-order valence-electron chi connectivity index (χ3n) is 4.19. The standard InChI is InChI=1S/C19H27FN2O3/c1-19(2,3)18(24)22-12-10-21(11-13-22)17(23)9-6-14-25-16-8-5-4-7-15(16)20/h4-5,7-8H,6,9-14H2,1-3H3. The van der Waals surface area contributed by atoms with Gasteiger partial charge in [0.2, 0.25) is 11.8 Å². The van der Waals surface area contributed by atoms with E-state index in [9.17, 15) is 14.0 Å². The summed E-state index contributed by atoms with van der Waals surface area (Å²) in [6, 6.07) is 6.24. The molecule has 1 aromatic rings. The first kappa shape index (κ1) is 19.2. The number of piperazine rings is 1. The van der Waals surface area contributed by atoms with Crippen LogP contribution < -0.4 is 4.74 Å². The normalized spacial score (nSPS) is 15.2. The van der Waals surface area contributed by atoms with Crippen LogP contribution in [0.25, 0.3) is 0 Å². The lowest BCUT2D eigenvalue weighted by atomic mass is 9.94. The van der Waals surface area contributed by atoms with E-state index in [1.165, 1.54) is 6.07 Å². The zero-order valence-electron chi connectivity index (χ0n) is 15.3. The van der Waals surface area contributed by atoms with Gasteiger partial charge in [-0.1, -0.05) is 32.9 Å². The van der Waals surface area contributed by atoms with Gasteiger partial charge in [0, 0.05) is 38.0 Å². The fraction of sp³-hybridized carbons (Fsp3) is 0.579. The Hall–Kier alpha value is -2.11. The number of ether oxygens (including phenoxy) is 1. The summed E-state index contributed by atoms with van der Waals surface area (Å²) < 4.78 is 18.8. The number of carbonyl (C=O) groups is 2. The molecule has 0 bridgehead atoms. The summed E-state index contributed by atoms with van der Waals surface area (Å²) in [5.74, 6) is -0.00408. The van der Waals surface area contributed by atoms with E-state index in [0.717, 1.165) is 0 Å². The molecule has 1 heterocycles. The fourth-order valence-corrected chi connectivity index (χ4v) is 2.76. The maximum atomic E-state index is 13.4. The second kappa shape index (κ2) is 8.32. The number of halogens is 1. The molecule has 0 unspecified atom stereocenters. The molecule has 0 aliphatic carbocycles. The maximum absolute atomic E-state index is 13.4. The van der Waals surface area contributed by atoms with Gasteiger partial charge in [0.15, 0.2) is 11.6 Å². The highest BCUT2D eigenvalue weighted by Crippen LogP contribution is 2.19. The van der Waals surface area contributed by atoms with E-state index in [2.05, 4.69) is 0 Å². The minimum absolute atomic E-state index is 0.0555. The van der Waals surface area contributed by atoms with Crippen LogP contribution in [0.4, 0.5) is 4.39 Å². The Kier molecular flexibility index (Phi) is 6.39. The van der Waals surface area contributed by atoms with Gasteiger partial charge in [0.1, 0.15) is 0 Å². The van der Waals surface area contributed by atoms with E-state index >= 15 is 0 Å². The Balaban J connectivity index is 1.69. The van der Waals surface area contributed by atoms with Crippen LogP contribution in [0.3, 0.4) is 0 Å². The quantitative estimate of drug-likeness (QED) is 0.767. The molecule has 5 nitrogen and oxygen atoms in total. The van der Waals surface area contributed by atoms with Crippen molar-refractivity contribution in [3.05, 3.63) is 30.1 Å². The van der Waals surface area contributed by atoms with Crippen LogP contribution in [-0.2, 0) is 9.59 Å². The summed E-state index contributed by atoms with van der Waals surface area (Å²) in [5.41, 5.74) is -0.393. The van der Waals surface area contributed by atoms with Crippen LogP contribution in [-0.4, -0.2) is 54.4 Å². The van der Waals surface area contributed by atoms with Crippen molar-refractivity contribution in [2.24, 2.45) is 5.41 Å². The highest BCUT2D eigenvalue weighted by molar-refractivity contribution is 5.82. The van der Waals surface area contributed by atoms with Gasteiger partial charge in [-0.25, -0.2) is 4.39 Å². The number of hydrogen-bond donors (Lipinski definition) is 0. The largest absolute Gasteiger partial charge is 0.491 e. The summed E-state index contributed by atoms with van der Waals surface area (Å²) in [7, 11) is 0. The molecule has 2 rings (SSSR count). The fourth-order valence-electron chi connectivity index (χ4n) is 2.76. The number of benzene rings is 1. The maximum Gasteiger partial charge on any atom is 0.228 e. The number of carbonyl (C=O) groups excluding carboxylic acids is 2.